The molecule has 0 unspecified atom stereocenters. The van der Waals surface area contributed by atoms with E-state index in [0.717, 1.165) is 10.7 Å². The standard InChI is InChI=1S/C12H8ClN3O2S2/c1-18-10(17)8-9(13)15-12(19-8)20-11-14-6-7-4-2-3-5-16(7)11/h2-6H,1H3. The number of hydrogen-bond donors (Lipinski definition) is 0. The first-order valence-electron chi connectivity index (χ1n) is 5.53. The number of methoxy groups -OCH3 is 1. The quantitative estimate of drug-likeness (QED) is 0.691. The number of esters is 1. The van der Waals surface area contributed by atoms with Gasteiger partial charge in [-0.25, -0.2) is 14.8 Å². The minimum atomic E-state index is -0.479. The highest BCUT2D eigenvalue weighted by atomic mass is 35.5. The summed E-state index contributed by atoms with van der Waals surface area (Å²) >= 11 is 8.48. The van der Waals surface area contributed by atoms with Crippen molar-refractivity contribution in [2.75, 3.05) is 7.11 Å². The van der Waals surface area contributed by atoms with Crippen LogP contribution in [0.1, 0.15) is 9.67 Å². The highest BCUT2D eigenvalue weighted by Gasteiger charge is 2.18. The Balaban J connectivity index is 1.93. The summed E-state index contributed by atoms with van der Waals surface area (Å²) in [5.41, 5.74) is 0.992. The predicted molar refractivity (Wildman–Crippen MR) is 77.8 cm³/mol. The number of carbonyl (C=O) groups is 1. The van der Waals surface area contributed by atoms with Crippen molar-refractivity contribution in [2.45, 2.75) is 9.50 Å². The molecular weight excluding hydrogens is 318 g/mol. The lowest BCUT2D eigenvalue weighted by molar-refractivity contribution is 0.0606. The van der Waals surface area contributed by atoms with E-state index in [-0.39, 0.29) is 5.15 Å². The number of pyridine rings is 1. The topological polar surface area (TPSA) is 56.5 Å². The Labute approximate surface area is 127 Å². The first-order chi connectivity index (χ1) is 9.69. The van der Waals surface area contributed by atoms with Gasteiger partial charge in [-0.05, 0) is 23.9 Å². The van der Waals surface area contributed by atoms with Crippen molar-refractivity contribution in [3.8, 4) is 0 Å². The third kappa shape index (κ3) is 2.39. The van der Waals surface area contributed by atoms with E-state index >= 15 is 0 Å². The lowest BCUT2D eigenvalue weighted by atomic mass is 10.4. The van der Waals surface area contributed by atoms with Gasteiger partial charge in [-0.1, -0.05) is 29.0 Å². The van der Waals surface area contributed by atoms with Gasteiger partial charge >= 0.3 is 5.97 Å². The highest BCUT2D eigenvalue weighted by Crippen LogP contribution is 2.34. The molecule has 3 heterocycles. The van der Waals surface area contributed by atoms with Crippen molar-refractivity contribution in [3.05, 3.63) is 40.6 Å². The number of aromatic nitrogens is 3. The van der Waals surface area contributed by atoms with Gasteiger partial charge in [-0.15, -0.1) is 0 Å². The van der Waals surface area contributed by atoms with Crippen LogP contribution in [-0.4, -0.2) is 27.4 Å². The van der Waals surface area contributed by atoms with Gasteiger partial charge in [0.1, 0.15) is 0 Å². The van der Waals surface area contributed by atoms with Gasteiger partial charge in [0.15, 0.2) is 19.5 Å². The van der Waals surface area contributed by atoms with Gasteiger partial charge in [0.05, 0.1) is 18.8 Å². The molecule has 0 spiro atoms. The molecule has 5 nitrogen and oxygen atoms in total. The van der Waals surface area contributed by atoms with Crippen LogP contribution in [0, 0.1) is 0 Å². The zero-order valence-electron chi connectivity index (χ0n) is 10.2. The van der Waals surface area contributed by atoms with Gasteiger partial charge in [0.2, 0.25) is 0 Å². The number of carbonyl (C=O) groups excluding carboxylic acids is 1. The van der Waals surface area contributed by atoms with Gasteiger partial charge < -0.3 is 4.74 Å². The highest BCUT2D eigenvalue weighted by molar-refractivity contribution is 8.00. The Morgan fingerprint density at radius 3 is 3.15 bits per heavy atom. The SMILES string of the molecule is COC(=O)c1sc(Sc2ncc3ccccn23)nc1Cl. The summed E-state index contributed by atoms with van der Waals surface area (Å²) in [6.07, 6.45) is 3.69. The van der Waals surface area contributed by atoms with E-state index in [2.05, 4.69) is 14.7 Å². The van der Waals surface area contributed by atoms with Crippen LogP contribution < -0.4 is 0 Å². The summed E-state index contributed by atoms with van der Waals surface area (Å²) in [5.74, 6) is -0.479. The molecule has 20 heavy (non-hydrogen) atoms. The molecule has 0 saturated heterocycles. The fraction of sp³-hybridized carbons (Fsp3) is 0.0833. The fourth-order valence-corrected chi connectivity index (χ4v) is 3.91. The summed E-state index contributed by atoms with van der Waals surface area (Å²) in [4.78, 5) is 20.3. The Bertz CT molecular complexity index is 784. The number of fused-ring (bicyclic) bond motifs is 1. The molecular formula is C12H8ClN3O2S2. The van der Waals surface area contributed by atoms with E-state index in [1.54, 1.807) is 6.20 Å². The third-order valence-corrected chi connectivity index (χ3v) is 4.99. The van der Waals surface area contributed by atoms with Crippen LogP contribution in [0.15, 0.2) is 40.1 Å². The van der Waals surface area contributed by atoms with E-state index in [1.807, 2.05) is 28.8 Å². The Hall–Kier alpha value is -1.57. The van der Waals surface area contributed by atoms with E-state index < -0.39 is 5.97 Å². The van der Waals surface area contributed by atoms with Gasteiger partial charge in [-0.3, -0.25) is 4.40 Å². The summed E-state index contributed by atoms with van der Waals surface area (Å²) in [6, 6.07) is 5.83. The number of hydrogen-bond acceptors (Lipinski definition) is 6. The van der Waals surface area contributed by atoms with Crippen molar-refractivity contribution < 1.29 is 9.53 Å². The molecule has 3 aromatic rings. The molecule has 0 aliphatic carbocycles. The van der Waals surface area contributed by atoms with E-state index in [1.165, 1.54) is 30.2 Å². The molecule has 0 aliphatic heterocycles. The average molecular weight is 326 g/mol. The van der Waals surface area contributed by atoms with Crippen molar-refractivity contribution in [1.82, 2.24) is 14.4 Å². The maximum atomic E-state index is 11.5. The second-order valence-electron chi connectivity index (χ2n) is 3.73. The van der Waals surface area contributed by atoms with Crippen LogP contribution in [0.5, 0.6) is 0 Å². The van der Waals surface area contributed by atoms with Crippen molar-refractivity contribution in [3.63, 3.8) is 0 Å². The summed E-state index contributed by atoms with van der Waals surface area (Å²) in [7, 11) is 1.31. The molecule has 0 N–H and O–H groups in total. The molecule has 102 valence electrons. The molecule has 0 bridgehead atoms. The monoisotopic (exact) mass is 325 g/mol. The average Bonchev–Trinajstić information content (AvgIpc) is 3.03. The van der Waals surface area contributed by atoms with Gasteiger partial charge in [0.25, 0.3) is 0 Å². The van der Waals surface area contributed by atoms with E-state index in [9.17, 15) is 4.79 Å². The van der Waals surface area contributed by atoms with E-state index in [0.29, 0.717) is 9.22 Å². The Morgan fingerprint density at radius 1 is 1.50 bits per heavy atom. The predicted octanol–water partition coefficient (Wildman–Crippen LogP) is 3.38. The van der Waals surface area contributed by atoms with Crippen LogP contribution in [0.2, 0.25) is 5.15 Å². The second-order valence-corrected chi connectivity index (χ2v) is 6.30. The van der Waals surface area contributed by atoms with Gasteiger partial charge in [0, 0.05) is 6.20 Å². The number of halogens is 1. The largest absolute Gasteiger partial charge is 0.465 e. The first kappa shape index (κ1) is 13.4. The van der Waals surface area contributed by atoms with Gasteiger partial charge in [-0.2, -0.15) is 0 Å². The third-order valence-electron chi connectivity index (χ3n) is 2.52. The second kappa shape index (κ2) is 5.43. The normalized spacial score (nSPS) is 10.9. The Morgan fingerprint density at radius 2 is 2.35 bits per heavy atom. The first-order valence-corrected chi connectivity index (χ1v) is 7.54. The number of thiazole rings is 1. The molecule has 0 atom stereocenters. The molecule has 0 fully saturated rings. The number of imidazole rings is 1. The number of rotatable bonds is 3. The molecule has 0 radical (unpaired) electrons. The smallest absolute Gasteiger partial charge is 0.351 e. The molecule has 0 amide bonds. The number of ether oxygens (including phenoxy) is 1. The maximum absolute atomic E-state index is 11.5. The van der Waals surface area contributed by atoms with Crippen LogP contribution in [0.3, 0.4) is 0 Å². The lowest BCUT2D eigenvalue weighted by Crippen LogP contribution is -1.98. The molecule has 0 aromatic carbocycles. The van der Waals surface area contributed by atoms with Crippen molar-refractivity contribution in [2.24, 2.45) is 0 Å². The van der Waals surface area contributed by atoms with Crippen LogP contribution in [0.4, 0.5) is 0 Å². The summed E-state index contributed by atoms with van der Waals surface area (Å²) in [6.45, 7) is 0. The molecule has 0 aliphatic rings. The zero-order chi connectivity index (χ0) is 14.1. The molecule has 3 aromatic heterocycles. The zero-order valence-corrected chi connectivity index (χ0v) is 12.6. The Kier molecular flexibility index (Phi) is 3.64. The van der Waals surface area contributed by atoms with Crippen LogP contribution >= 0.6 is 34.7 Å². The minimum Gasteiger partial charge on any atom is -0.465 e. The lowest BCUT2D eigenvalue weighted by Gasteiger charge is -1.97. The van der Waals surface area contributed by atoms with Crippen LogP contribution in [0.25, 0.3) is 5.52 Å². The van der Waals surface area contributed by atoms with Crippen molar-refractivity contribution >= 4 is 46.2 Å². The summed E-state index contributed by atoms with van der Waals surface area (Å²) < 4.78 is 7.24. The minimum absolute atomic E-state index is 0.158. The molecule has 8 heteroatoms. The molecule has 3 rings (SSSR count). The summed E-state index contributed by atoms with van der Waals surface area (Å²) in [5, 5.41) is 0.924. The fourth-order valence-electron chi connectivity index (χ4n) is 1.62. The van der Waals surface area contributed by atoms with Crippen LogP contribution in [-0.2, 0) is 4.74 Å². The molecule has 0 saturated carbocycles. The van der Waals surface area contributed by atoms with E-state index in [4.69, 9.17) is 11.6 Å². The van der Waals surface area contributed by atoms with Crippen molar-refractivity contribution in [1.29, 1.82) is 0 Å². The maximum Gasteiger partial charge on any atom is 0.351 e. The number of nitrogens with zero attached hydrogens (tertiary/aromatic N) is 3.